The lowest BCUT2D eigenvalue weighted by molar-refractivity contribution is -0.127. The predicted octanol–water partition coefficient (Wildman–Crippen LogP) is 2.60. The van der Waals surface area contributed by atoms with Crippen molar-refractivity contribution in [1.29, 1.82) is 0 Å². The monoisotopic (exact) mass is 362 g/mol. The first-order valence-corrected chi connectivity index (χ1v) is 8.97. The van der Waals surface area contributed by atoms with Gasteiger partial charge < -0.3 is 4.90 Å². The lowest BCUT2D eigenvalue weighted by Gasteiger charge is -2.25. The van der Waals surface area contributed by atoms with Gasteiger partial charge in [-0.1, -0.05) is 24.9 Å². The van der Waals surface area contributed by atoms with Crippen molar-refractivity contribution in [3.8, 4) is 0 Å². The Morgan fingerprint density at radius 3 is 2.84 bits per heavy atom. The van der Waals surface area contributed by atoms with E-state index in [9.17, 15) is 4.79 Å². The van der Waals surface area contributed by atoms with E-state index in [-0.39, 0.29) is 5.91 Å². The van der Waals surface area contributed by atoms with E-state index >= 15 is 0 Å². The zero-order chi connectivity index (χ0) is 18.0. The molecule has 134 valence electrons. The fourth-order valence-electron chi connectivity index (χ4n) is 2.92. The predicted molar refractivity (Wildman–Crippen MR) is 96.1 cm³/mol. The van der Waals surface area contributed by atoms with Crippen molar-refractivity contribution < 1.29 is 4.79 Å². The van der Waals surface area contributed by atoms with Gasteiger partial charge in [0.05, 0.1) is 18.8 Å². The highest BCUT2D eigenvalue weighted by Crippen LogP contribution is 2.22. The summed E-state index contributed by atoms with van der Waals surface area (Å²) >= 11 is 6.41. The maximum absolute atomic E-state index is 12.5. The molecule has 7 nitrogen and oxygen atoms in total. The highest BCUT2D eigenvalue weighted by Gasteiger charge is 2.21. The third kappa shape index (κ3) is 3.76. The molecule has 0 saturated heterocycles. The van der Waals surface area contributed by atoms with Gasteiger partial charge in [-0.2, -0.15) is 10.2 Å². The average Bonchev–Trinajstić information content (AvgIpc) is 3.09. The molecule has 0 atom stereocenters. The molecule has 0 bridgehead atoms. The van der Waals surface area contributed by atoms with Crippen molar-refractivity contribution in [3.63, 3.8) is 0 Å². The summed E-state index contributed by atoms with van der Waals surface area (Å²) in [5.41, 5.74) is 1.64. The quantitative estimate of drug-likeness (QED) is 0.767. The Bertz CT molecular complexity index is 806. The van der Waals surface area contributed by atoms with Gasteiger partial charge in [-0.25, -0.2) is 9.67 Å². The van der Waals surface area contributed by atoms with Gasteiger partial charge in [-0.05, 0) is 26.3 Å². The zero-order valence-electron chi connectivity index (χ0n) is 14.9. The van der Waals surface area contributed by atoms with Crippen molar-refractivity contribution in [2.75, 3.05) is 6.54 Å². The number of nitrogens with zero attached hydrogens (tertiary/aromatic N) is 6. The van der Waals surface area contributed by atoms with Crippen LogP contribution in [-0.4, -0.2) is 41.9 Å². The first-order valence-electron chi connectivity index (χ1n) is 8.59. The number of carbonyl (C=O) groups excluding carboxylic acids is 1. The number of aromatic nitrogens is 5. The first-order chi connectivity index (χ1) is 12.0. The van der Waals surface area contributed by atoms with Crippen LogP contribution in [0.5, 0.6) is 0 Å². The Hall–Kier alpha value is -2.15. The molecule has 25 heavy (non-hydrogen) atoms. The fourth-order valence-corrected chi connectivity index (χ4v) is 3.24. The highest BCUT2D eigenvalue weighted by atomic mass is 35.5. The van der Waals surface area contributed by atoms with Crippen LogP contribution in [-0.2, 0) is 24.4 Å². The number of carbonyl (C=O) groups is 1. The van der Waals surface area contributed by atoms with Gasteiger partial charge in [0.25, 0.3) is 0 Å². The molecule has 3 rings (SSSR count). The zero-order valence-corrected chi connectivity index (χ0v) is 15.6. The molecule has 8 heteroatoms. The topological polar surface area (TPSA) is 68.8 Å². The summed E-state index contributed by atoms with van der Waals surface area (Å²) in [6.45, 7) is 8.46. The molecule has 2 aromatic heterocycles. The van der Waals surface area contributed by atoms with Crippen LogP contribution in [0.1, 0.15) is 42.7 Å². The normalized spacial score (nSPS) is 14.3. The van der Waals surface area contributed by atoms with Crippen molar-refractivity contribution in [2.45, 2.75) is 53.2 Å². The second-order valence-corrected chi connectivity index (χ2v) is 6.62. The molecule has 0 aliphatic carbocycles. The first kappa shape index (κ1) is 17.7. The molecular formula is C17H23ClN6O. The Morgan fingerprint density at radius 2 is 2.08 bits per heavy atom. The van der Waals surface area contributed by atoms with Crippen molar-refractivity contribution in [2.24, 2.45) is 0 Å². The molecule has 0 aromatic carbocycles. The van der Waals surface area contributed by atoms with Gasteiger partial charge >= 0.3 is 0 Å². The number of unbranched alkanes of at least 4 members (excludes halogenated alkanes) is 1. The third-order valence-electron chi connectivity index (χ3n) is 4.31. The average molecular weight is 363 g/mol. The van der Waals surface area contributed by atoms with Gasteiger partial charge in [-0.15, -0.1) is 0 Å². The summed E-state index contributed by atoms with van der Waals surface area (Å²) in [7, 11) is 0. The van der Waals surface area contributed by atoms with Crippen molar-refractivity contribution in [1.82, 2.24) is 29.4 Å². The van der Waals surface area contributed by atoms with Crippen LogP contribution in [0.25, 0.3) is 6.08 Å². The summed E-state index contributed by atoms with van der Waals surface area (Å²) in [5, 5.41) is 9.35. The Balaban J connectivity index is 1.70. The number of amides is 1. The standard InChI is InChI=1S/C17H23ClN6O/c1-4-5-8-24-17(18)14(12(2)20-24)6-7-16(25)22-9-10-23-15(11-22)19-13(3)21-23/h6-7H,4-5,8-11H2,1-3H3/b7-6+. The molecule has 0 unspecified atom stereocenters. The van der Waals surface area contributed by atoms with E-state index in [1.54, 1.807) is 21.7 Å². The van der Waals surface area contributed by atoms with Gasteiger partial charge in [-0.3, -0.25) is 9.48 Å². The molecule has 0 radical (unpaired) electrons. The van der Waals surface area contributed by atoms with E-state index in [2.05, 4.69) is 22.1 Å². The SMILES string of the molecule is CCCCn1nc(C)c(/C=C/C(=O)N2CCn3nc(C)nc3C2)c1Cl. The van der Waals surface area contributed by atoms with Crippen LogP contribution in [0.3, 0.4) is 0 Å². The molecule has 2 aromatic rings. The van der Waals surface area contributed by atoms with Crippen LogP contribution in [0.15, 0.2) is 6.08 Å². The molecular weight excluding hydrogens is 340 g/mol. The largest absolute Gasteiger partial charge is 0.330 e. The van der Waals surface area contributed by atoms with E-state index in [4.69, 9.17) is 11.6 Å². The third-order valence-corrected chi connectivity index (χ3v) is 4.70. The van der Waals surface area contributed by atoms with Crippen LogP contribution in [0, 0.1) is 13.8 Å². The number of fused-ring (bicyclic) bond motifs is 1. The van der Waals surface area contributed by atoms with E-state index in [1.165, 1.54) is 0 Å². The minimum atomic E-state index is -0.0522. The second kappa shape index (κ2) is 7.39. The van der Waals surface area contributed by atoms with Gasteiger partial charge in [0.15, 0.2) is 0 Å². The molecule has 1 amide bonds. The lowest BCUT2D eigenvalue weighted by atomic mass is 10.2. The van der Waals surface area contributed by atoms with Crippen LogP contribution in [0.4, 0.5) is 0 Å². The number of hydrogen-bond acceptors (Lipinski definition) is 4. The minimum Gasteiger partial charge on any atom is -0.330 e. The smallest absolute Gasteiger partial charge is 0.247 e. The Kier molecular flexibility index (Phi) is 5.22. The Morgan fingerprint density at radius 1 is 1.28 bits per heavy atom. The summed E-state index contributed by atoms with van der Waals surface area (Å²) in [6.07, 6.45) is 5.44. The summed E-state index contributed by atoms with van der Waals surface area (Å²) < 4.78 is 3.66. The van der Waals surface area contributed by atoms with Gasteiger partial charge in [0.1, 0.15) is 16.8 Å². The summed E-state index contributed by atoms with van der Waals surface area (Å²) in [4.78, 5) is 18.6. The molecule has 0 fully saturated rings. The van der Waals surface area contributed by atoms with Crippen molar-refractivity contribution >= 4 is 23.6 Å². The molecule has 1 aliphatic heterocycles. The van der Waals surface area contributed by atoms with Gasteiger partial charge in [0.2, 0.25) is 5.91 Å². The number of rotatable bonds is 5. The van der Waals surface area contributed by atoms with Crippen LogP contribution in [0.2, 0.25) is 5.15 Å². The Labute approximate surface area is 152 Å². The molecule has 0 saturated carbocycles. The van der Waals surface area contributed by atoms with E-state index < -0.39 is 0 Å². The number of hydrogen-bond donors (Lipinski definition) is 0. The second-order valence-electron chi connectivity index (χ2n) is 6.26. The number of aryl methyl sites for hydroxylation is 3. The maximum Gasteiger partial charge on any atom is 0.247 e. The van der Waals surface area contributed by atoms with E-state index in [0.29, 0.717) is 24.8 Å². The fraction of sp³-hybridized carbons (Fsp3) is 0.529. The molecule has 0 spiro atoms. The van der Waals surface area contributed by atoms with E-state index in [0.717, 1.165) is 42.3 Å². The minimum absolute atomic E-state index is 0.0522. The lowest BCUT2D eigenvalue weighted by Crippen LogP contribution is -2.37. The molecule has 0 N–H and O–H groups in total. The van der Waals surface area contributed by atoms with Gasteiger partial charge in [0, 0.05) is 24.7 Å². The van der Waals surface area contributed by atoms with Crippen molar-refractivity contribution in [3.05, 3.63) is 34.1 Å². The highest BCUT2D eigenvalue weighted by molar-refractivity contribution is 6.31. The summed E-state index contributed by atoms with van der Waals surface area (Å²) in [5.74, 6) is 1.51. The van der Waals surface area contributed by atoms with Crippen LogP contribution < -0.4 is 0 Å². The summed E-state index contributed by atoms with van der Waals surface area (Å²) in [6, 6.07) is 0. The molecule has 3 heterocycles. The maximum atomic E-state index is 12.5. The van der Waals surface area contributed by atoms with E-state index in [1.807, 2.05) is 18.5 Å². The molecule has 1 aliphatic rings. The van der Waals surface area contributed by atoms with Crippen LogP contribution >= 0.6 is 11.6 Å². The number of halogens is 1.